The van der Waals surface area contributed by atoms with Crippen LogP contribution in [0, 0.1) is 5.82 Å². The summed E-state index contributed by atoms with van der Waals surface area (Å²) in [5, 5.41) is 3.22. The number of nitrogens with one attached hydrogen (secondary N) is 2. The van der Waals surface area contributed by atoms with E-state index in [1.807, 2.05) is 0 Å². The largest absolute Gasteiger partial charge is 0.313 e. The average molecular weight is 272 g/mol. The molecule has 2 rings (SSSR count). The van der Waals surface area contributed by atoms with Crippen molar-refractivity contribution in [2.45, 2.75) is 24.6 Å². The van der Waals surface area contributed by atoms with Crippen LogP contribution < -0.4 is 10.0 Å². The fourth-order valence-electron chi connectivity index (χ4n) is 2.01. The molecule has 1 atom stereocenters. The molecule has 1 heterocycles. The first-order chi connectivity index (χ1) is 8.55. The average Bonchev–Trinajstić information content (AvgIpc) is 2.83. The highest BCUT2D eigenvalue weighted by atomic mass is 32.2. The van der Waals surface area contributed by atoms with Crippen molar-refractivity contribution in [3.63, 3.8) is 0 Å². The van der Waals surface area contributed by atoms with E-state index in [-0.39, 0.29) is 17.6 Å². The lowest BCUT2D eigenvalue weighted by Gasteiger charge is -2.12. The molecule has 0 bridgehead atoms. The van der Waals surface area contributed by atoms with Crippen LogP contribution in [0.5, 0.6) is 0 Å². The maximum atomic E-state index is 12.7. The molecule has 0 radical (unpaired) electrons. The Kier molecular flexibility index (Phi) is 4.31. The third kappa shape index (κ3) is 4.04. The fourth-order valence-corrected chi connectivity index (χ4v) is 3.20. The number of hydrogen-bond acceptors (Lipinski definition) is 3. The van der Waals surface area contributed by atoms with Crippen molar-refractivity contribution < 1.29 is 12.8 Å². The number of rotatable bonds is 5. The highest BCUT2D eigenvalue weighted by Crippen LogP contribution is 2.08. The monoisotopic (exact) mass is 272 g/mol. The van der Waals surface area contributed by atoms with Gasteiger partial charge in [-0.2, -0.15) is 0 Å². The van der Waals surface area contributed by atoms with Gasteiger partial charge in [0.05, 0.1) is 5.75 Å². The zero-order valence-electron chi connectivity index (χ0n) is 10.0. The molecule has 1 aliphatic heterocycles. The Morgan fingerprint density at radius 1 is 1.33 bits per heavy atom. The first kappa shape index (κ1) is 13.5. The van der Waals surface area contributed by atoms with Crippen molar-refractivity contribution >= 4 is 10.0 Å². The number of halogens is 1. The Morgan fingerprint density at radius 3 is 2.67 bits per heavy atom. The van der Waals surface area contributed by atoms with E-state index in [0.29, 0.717) is 12.1 Å². The van der Waals surface area contributed by atoms with Gasteiger partial charge in [-0.15, -0.1) is 0 Å². The summed E-state index contributed by atoms with van der Waals surface area (Å²) in [4.78, 5) is 0. The van der Waals surface area contributed by atoms with E-state index in [0.717, 1.165) is 19.4 Å². The molecule has 1 aromatic rings. The number of sulfonamides is 1. The lowest BCUT2D eigenvalue weighted by molar-refractivity contribution is 0.551. The Hall–Kier alpha value is -0.980. The number of hydrogen-bond donors (Lipinski definition) is 2. The fraction of sp³-hybridized carbons (Fsp3) is 0.500. The molecule has 0 spiro atoms. The van der Waals surface area contributed by atoms with Crippen LogP contribution in [0.3, 0.4) is 0 Å². The Morgan fingerprint density at radius 2 is 2.06 bits per heavy atom. The van der Waals surface area contributed by atoms with Gasteiger partial charge in [0.1, 0.15) is 5.82 Å². The molecule has 1 aliphatic rings. The predicted molar refractivity (Wildman–Crippen MR) is 68.1 cm³/mol. The van der Waals surface area contributed by atoms with Crippen LogP contribution >= 0.6 is 0 Å². The minimum Gasteiger partial charge on any atom is -0.313 e. The van der Waals surface area contributed by atoms with Crippen molar-refractivity contribution in [1.82, 2.24) is 10.0 Å². The van der Waals surface area contributed by atoms with Gasteiger partial charge in [0.2, 0.25) is 10.0 Å². The van der Waals surface area contributed by atoms with E-state index >= 15 is 0 Å². The van der Waals surface area contributed by atoms with Crippen LogP contribution in [0.25, 0.3) is 0 Å². The van der Waals surface area contributed by atoms with Gasteiger partial charge in [-0.1, -0.05) is 12.1 Å². The first-order valence-electron chi connectivity index (χ1n) is 6.00. The molecule has 0 amide bonds. The van der Waals surface area contributed by atoms with E-state index in [1.54, 1.807) is 0 Å². The van der Waals surface area contributed by atoms with Crippen LogP contribution in [-0.4, -0.2) is 27.5 Å². The third-order valence-electron chi connectivity index (χ3n) is 2.98. The van der Waals surface area contributed by atoms with E-state index in [4.69, 9.17) is 0 Å². The molecular weight excluding hydrogens is 255 g/mol. The Balaban J connectivity index is 1.88. The highest BCUT2D eigenvalue weighted by Gasteiger charge is 2.17. The van der Waals surface area contributed by atoms with E-state index in [9.17, 15) is 12.8 Å². The topological polar surface area (TPSA) is 58.2 Å². The van der Waals surface area contributed by atoms with Gasteiger partial charge < -0.3 is 5.32 Å². The summed E-state index contributed by atoms with van der Waals surface area (Å²) in [6.45, 7) is 1.37. The van der Waals surface area contributed by atoms with Gasteiger partial charge >= 0.3 is 0 Å². The molecular formula is C12H17FN2O2S. The highest BCUT2D eigenvalue weighted by molar-refractivity contribution is 7.88. The summed E-state index contributed by atoms with van der Waals surface area (Å²) in [6.07, 6.45) is 2.09. The summed E-state index contributed by atoms with van der Waals surface area (Å²) in [5.41, 5.74) is 0.586. The smallest absolute Gasteiger partial charge is 0.215 e. The standard InChI is InChI=1S/C12H17FN2O2S/c13-11-5-3-10(4-6-11)9-18(16,17)15-8-12-2-1-7-14-12/h3-6,12,14-15H,1-2,7-9H2. The molecule has 6 heteroatoms. The van der Waals surface area contributed by atoms with Gasteiger partial charge in [0.25, 0.3) is 0 Å². The predicted octanol–water partition coefficient (Wildman–Crippen LogP) is 0.997. The van der Waals surface area contributed by atoms with Gasteiger partial charge in [-0.25, -0.2) is 17.5 Å². The molecule has 0 saturated carbocycles. The van der Waals surface area contributed by atoms with Crippen molar-refractivity contribution in [3.05, 3.63) is 35.6 Å². The van der Waals surface area contributed by atoms with Crippen molar-refractivity contribution in [1.29, 1.82) is 0 Å². The van der Waals surface area contributed by atoms with E-state index in [2.05, 4.69) is 10.0 Å². The second-order valence-electron chi connectivity index (χ2n) is 4.53. The molecule has 4 nitrogen and oxygen atoms in total. The Bertz CT molecular complexity index is 481. The van der Waals surface area contributed by atoms with Gasteiger partial charge in [0.15, 0.2) is 0 Å². The second kappa shape index (κ2) is 5.77. The molecule has 1 aromatic carbocycles. The maximum Gasteiger partial charge on any atom is 0.215 e. The summed E-state index contributed by atoms with van der Waals surface area (Å²) >= 11 is 0. The molecule has 2 N–H and O–H groups in total. The van der Waals surface area contributed by atoms with Crippen LogP contribution in [0.2, 0.25) is 0 Å². The SMILES string of the molecule is O=S(=O)(Cc1ccc(F)cc1)NCC1CCCN1. The maximum absolute atomic E-state index is 12.7. The summed E-state index contributed by atoms with van der Waals surface area (Å²) in [6, 6.07) is 5.74. The lowest BCUT2D eigenvalue weighted by Crippen LogP contribution is -2.37. The molecule has 1 saturated heterocycles. The molecule has 100 valence electrons. The Labute approximate surface area is 107 Å². The lowest BCUT2D eigenvalue weighted by atomic mass is 10.2. The third-order valence-corrected chi connectivity index (χ3v) is 4.30. The van der Waals surface area contributed by atoms with Crippen molar-refractivity contribution in [3.8, 4) is 0 Å². The minimum absolute atomic E-state index is 0.111. The van der Waals surface area contributed by atoms with Crippen LogP contribution in [0.15, 0.2) is 24.3 Å². The second-order valence-corrected chi connectivity index (χ2v) is 6.33. The van der Waals surface area contributed by atoms with Gasteiger partial charge in [-0.05, 0) is 37.1 Å². The van der Waals surface area contributed by atoms with Crippen LogP contribution in [0.1, 0.15) is 18.4 Å². The molecule has 0 aliphatic carbocycles. The first-order valence-corrected chi connectivity index (χ1v) is 7.65. The summed E-state index contributed by atoms with van der Waals surface area (Å²) in [7, 11) is -3.35. The quantitative estimate of drug-likeness (QED) is 0.840. The molecule has 0 aromatic heterocycles. The van der Waals surface area contributed by atoms with Crippen molar-refractivity contribution in [2.24, 2.45) is 0 Å². The van der Waals surface area contributed by atoms with Gasteiger partial charge in [0, 0.05) is 12.6 Å². The van der Waals surface area contributed by atoms with Crippen LogP contribution in [-0.2, 0) is 15.8 Å². The normalized spacial score (nSPS) is 20.2. The summed E-state index contributed by atoms with van der Waals surface area (Å²) in [5.74, 6) is -0.473. The van der Waals surface area contributed by atoms with Crippen LogP contribution in [0.4, 0.5) is 4.39 Å². The van der Waals surface area contributed by atoms with Crippen molar-refractivity contribution in [2.75, 3.05) is 13.1 Å². The molecule has 1 unspecified atom stereocenters. The molecule has 1 fully saturated rings. The van der Waals surface area contributed by atoms with Gasteiger partial charge in [-0.3, -0.25) is 0 Å². The zero-order valence-corrected chi connectivity index (χ0v) is 10.8. The zero-order chi connectivity index (χ0) is 13.0. The molecule has 18 heavy (non-hydrogen) atoms. The summed E-state index contributed by atoms with van der Waals surface area (Å²) < 4.78 is 38.9. The minimum atomic E-state index is -3.35. The van der Waals surface area contributed by atoms with E-state index < -0.39 is 10.0 Å². The number of benzene rings is 1. The van der Waals surface area contributed by atoms with E-state index in [1.165, 1.54) is 24.3 Å².